The predicted molar refractivity (Wildman–Crippen MR) is 77.7 cm³/mol. The Kier molecular flexibility index (Phi) is 8.31. The van der Waals surface area contributed by atoms with E-state index >= 15 is 0 Å². The molecule has 1 aliphatic rings. The molecule has 116 valence electrons. The topological polar surface area (TPSA) is 74.6 Å². The van der Waals surface area contributed by atoms with E-state index in [1.165, 1.54) is 51.4 Å². The first-order chi connectivity index (χ1) is 9.61. The lowest BCUT2D eigenvalue weighted by Crippen LogP contribution is -2.23. The van der Waals surface area contributed by atoms with Crippen LogP contribution >= 0.6 is 0 Å². The summed E-state index contributed by atoms with van der Waals surface area (Å²) in [6.07, 6.45) is 13.8. The molecule has 0 aromatic carbocycles. The average molecular weight is 284 g/mol. The molecule has 0 heterocycles. The van der Waals surface area contributed by atoms with Crippen molar-refractivity contribution in [3.8, 4) is 0 Å². The van der Waals surface area contributed by atoms with Crippen LogP contribution in [0.1, 0.15) is 77.0 Å². The van der Waals surface area contributed by atoms with Crippen molar-refractivity contribution in [2.24, 2.45) is 11.8 Å². The molecule has 0 bridgehead atoms. The van der Waals surface area contributed by atoms with Gasteiger partial charge in [-0.05, 0) is 12.3 Å². The third-order valence-corrected chi connectivity index (χ3v) is 4.43. The Morgan fingerprint density at radius 1 is 0.850 bits per heavy atom. The summed E-state index contributed by atoms with van der Waals surface area (Å²) in [6.45, 7) is 0. The third kappa shape index (κ3) is 6.92. The molecule has 4 heteroatoms. The molecule has 0 aromatic heterocycles. The molecule has 0 aromatic rings. The largest absolute Gasteiger partial charge is 0.481 e. The number of rotatable bonds is 10. The molecule has 0 amide bonds. The Morgan fingerprint density at radius 3 is 2.00 bits per heavy atom. The summed E-state index contributed by atoms with van der Waals surface area (Å²) >= 11 is 0. The standard InChI is InChI=1S/C16H28O4/c17-15(18)14(16(19)20)12-8-3-1-2-5-9-13-10-6-4-7-11-13/h13-14H,1-12H2,(H,17,18)(H,19,20). The summed E-state index contributed by atoms with van der Waals surface area (Å²) in [5.41, 5.74) is 0. The van der Waals surface area contributed by atoms with E-state index in [2.05, 4.69) is 0 Å². The third-order valence-electron chi connectivity index (χ3n) is 4.43. The van der Waals surface area contributed by atoms with Crippen LogP contribution in [0, 0.1) is 11.8 Å². The van der Waals surface area contributed by atoms with E-state index in [-0.39, 0.29) is 6.42 Å². The van der Waals surface area contributed by atoms with Gasteiger partial charge in [0.05, 0.1) is 0 Å². The van der Waals surface area contributed by atoms with Crippen molar-refractivity contribution in [3.63, 3.8) is 0 Å². The van der Waals surface area contributed by atoms with Crippen LogP contribution in [0.15, 0.2) is 0 Å². The zero-order valence-corrected chi connectivity index (χ0v) is 12.4. The highest BCUT2D eigenvalue weighted by atomic mass is 16.4. The second kappa shape index (κ2) is 9.78. The molecule has 20 heavy (non-hydrogen) atoms. The number of carboxylic acids is 2. The van der Waals surface area contributed by atoms with Crippen LogP contribution in [-0.4, -0.2) is 22.2 Å². The Bertz CT molecular complexity index is 281. The highest BCUT2D eigenvalue weighted by Gasteiger charge is 2.24. The van der Waals surface area contributed by atoms with Crippen LogP contribution < -0.4 is 0 Å². The summed E-state index contributed by atoms with van der Waals surface area (Å²) in [4.78, 5) is 21.4. The van der Waals surface area contributed by atoms with Crippen molar-refractivity contribution in [1.82, 2.24) is 0 Å². The Hall–Kier alpha value is -1.06. The number of hydrogen-bond donors (Lipinski definition) is 2. The van der Waals surface area contributed by atoms with E-state index in [0.29, 0.717) is 6.42 Å². The van der Waals surface area contributed by atoms with Gasteiger partial charge in [0, 0.05) is 0 Å². The molecular formula is C16H28O4. The van der Waals surface area contributed by atoms with Gasteiger partial charge in [0.1, 0.15) is 0 Å². The minimum Gasteiger partial charge on any atom is -0.481 e. The fourth-order valence-electron chi connectivity index (χ4n) is 3.14. The van der Waals surface area contributed by atoms with Gasteiger partial charge in [-0.15, -0.1) is 0 Å². The Labute approximate surface area is 121 Å². The number of aliphatic carboxylic acids is 2. The van der Waals surface area contributed by atoms with Crippen molar-refractivity contribution in [1.29, 1.82) is 0 Å². The lowest BCUT2D eigenvalue weighted by atomic mass is 9.85. The molecule has 0 atom stereocenters. The second-order valence-corrected chi connectivity index (χ2v) is 6.08. The Morgan fingerprint density at radius 2 is 1.40 bits per heavy atom. The van der Waals surface area contributed by atoms with Gasteiger partial charge in [0.15, 0.2) is 5.92 Å². The van der Waals surface area contributed by atoms with Gasteiger partial charge < -0.3 is 10.2 Å². The molecule has 0 radical (unpaired) electrons. The smallest absolute Gasteiger partial charge is 0.317 e. The minimum atomic E-state index is -1.22. The number of hydrogen-bond acceptors (Lipinski definition) is 2. The summed E-state index contributed by atoms with van der Waals surface area (Å²) in [5.74, 6) is -2.71. The van der Waals surface area contributed by atoms with Crippen molar-refractivity contribution < 1.29 is 19.8 Å². The zero-order valence-electron chi connectivity index (χ0n) is 12.4. The molecular weight excluding hydrogens is 256 g/mol. The summed E-state index contributed by atoms with van der Waals surface area (Å²) in [6, 6.07) is 0. The number of carbonyl (C=O) groups is 2. The summed E-state index contributed by atoms with van der Waals surface area (Å²) < 4.78 is 0. The molecule has 1 aliphatic carbocycles. The van der Waals surface area contributed by atoms with Crippen LogP contribution in [0.3, 0.4) is 0 Å². The van der Waals surface area contributed by atoms with Gasteiger partial charge in [-0.3, -0.25) is 9.59 Å². The van der Waals surface area contributed by atoms with E-state index in [0.717, 1.165) is 18.8 Å². The van der Waals surface area contributed by atoms with Gasteiger partial charge in [-0.2, -0.15) is 0 Å². The maximum absolute atomic E-state index is 10.7. The van der Waals surface area contributed by atoms with Crippen molar-refractivity contribution in [3.05, 3.63) is 0 Å². The molecule has 1 saturated carbocycles. The van der Waals surface area contributed by atoms with Gasteiger partial charge in [-0.1, -0.05) is 70.6 Å². The fourth-order valence-corrected chi connectivity index (χ4v) is 3.14. The molecule has 1 fully saturated rings. The van der Waals surface area contributed by atoms with Crippen molar-refractivity contribution >= 4 is 11.9 Å². The van der Waals surface area contributed by atoms with Gasteiger partial charge in [-0.25, -0.2) is 0 Å². The Balaban J connectivity index is 1.96. The molecule has 1 rings (SSSR count). The summed E-state index contributed by atoms with van der Waals surface area (Å²) in [7, 11) is 0. The monoisotopic (exact) mass is 284 g/mol. The van der Waals surface area contributed by atoms with E-state index in [1.807, 2.05) is 0 Å². The highest BCUT2D eigenvalue weighted by molar-refractivity contribution is 5.92. The first kappa shape index (κ1) is 17.0. The first-order valence-electron chi connectivity index (χ1n) is 8.07. The quantitative estimate of drug-likeness (QED) is 0.468. The number of carboxylic acid groups (broad SMARTS) is 2. The lowest BCUT2D eigenvalue weighted by molar-refractivity contribution is -0.154. The SMILES string of the molecule is O=C(O)C(CCCCCCCC1CCCCC1)C(=O)O. The minimum absolute atomic E-state index is 0.257. The second-order valence-electron chi connectivity index (χ2n) is 6.08. The van der Waals surface area contributed by atoms with Crippen molar-refractivity contribution in [2.45, 2.75) is 77.0 Å². The molecule has 0 spiro atoms. The normalized spacial score (nSPS) is 16.4. The van der Waals surface area contributed by atoms with Gasteiger partial charge >= 0.3 is 11.9 Å². The van der Waals surface area contributed by atoms with Gasteiger partial charge in [0.25, 0.3) is 0 Å². The van der Waals surface area contributed by atoms with Crippen LogP contribution in [0.2, 0.25) is 0 Å². The molecule has 0 aliphatic heterocycles. The highest BCUT2D eigenvalue weighted by Crippen LogP contribution is 2.28. The molecule has 0 unspecified atom stereocenters. The van der Waals surface area contributed by atoms with Gasteiger partial charge in [0.2, 0.25) is 0 Å². The molecule has 0 saturated heterocycles. The predicted octanol–water partition coefficient (Wildman–Crippen LogP) is 4.08. The molecule has 4 nitrogen and oxygen atoms in total. The molecule has 2 N–H and O–H groups in total. The van der Waals surface area contributed by atoms with Crippen LogP contribution in [-0.2, 0) is 9.59 Å². The lowest BCUT2D eigenvalue weighted by Gasteiger charge is -2.21. The zero-order chi connectivity index (χ0) is 14.8. The van der Waals surface area contributed by atoms with Crippen LogP contribution in [0.4, 0.5) is 0 Å². The first-order valence-corrected chi connectivity index (χ1v) is 8.07. The van der Waals surface area contributed by atoms with E-state index in [1.54, 1.807) is 0 Å². The van der Waals surface area contributed by atoms with E-state index in [9.17, 15) is 9.59 Å². The maximum atomic E-state index is 10.7. The maximum Gasteiger partial charge on any atom is 0.317 e. The summed E-state index contributed by atoms with van der Waals surface area (Å²) in [5, 5.41) is 17.5. The fraction of sp³-hybridized carbons (Fsp3) is 0.875. The van der Waals surface area contributed by atoms with Crippen LogP contribution in [0.25, 0.3) is 0 Å². The van der Waals surface area contributed by atoms with Crippen molar-refractivity contribution in [2.75, 3.05) is 0 Å². The van der Waals surface area contributed by atoms with Crippen LogP contribution in [0.5, 0.6) is 0 Å². The number of unbranched alkanes of at least 4 members (excludes halogenated alkanes) is 4. The van der Waals surface area contributed by atoms with E-state index in [4.69, 9.17) is 10.2 Å². The average Bonchev–Trinajstić information content (AvgIpc) is 2.42. The van der Waals surface area contributed by atoms with E-state index < -0.39 is 17.9 Å².